The third kappa shape index (κ3) is 3.29. The van der Waals surface area contributed by atoms with Crippen LogP contribution in [0, 0.1) is 0 Å². The Labute approximate surface area is 167 Å². The van der Waals surface area contributed by atoms with Crippen LogP contribution in [0.4, 0.5) is 10.3 Å². The van der Waals surface area contributed by atoms with Gasteiger partial charge in [0.1, 0.15) is 12.0 Å². The summed E-state index contributed by atoms with van der Waals surface area (Å²) in [6, 6.07) is 1.87. The molecule has 1 saturated heterocycles. The SMILES string of the molecule is CC1=CC(F)CC=C1n1c(-c2cnc(N3CCOCC3)nc2)nc2ccncc21. The van der Waals surface area contributed by atoms with Crippen LogP contribution in [-0.2, 0) is 4.74 Å². The Morgan fingerprint density at radius 1 is 1.14 bits per heavy atom. The number of aromatic nitrogens is 5. The van der Waals surface area contributed by atoms with Crippen molar-refractivity contribution in [3.8, 4) is 11.4 Å². The molecule has 0 N–H and O–H groups in total. The fourth-order valence-electron chi connectivity index (χ4n) is 3.80. The number of ether oxygens (including phenoxy) is 1. The van der Waals surface area contributed by atoms with E-state index in [1.54, 1.807) is 30.9 Å². The Morgan fingerprint density at radius 3 is 2.69 bits per heavy atom. The Morgan fingerprint density at radius 2 is 1.93 bits per heavy atom. The topological polar surface area (TPSA) is 69.0 Å². The lowest BCUT2D eigenvalue weighted by atomic mass is 10.0. The molecule has 0 radical (unpaired) electrons. The number of imidazole rings is 1. The van der Waals surface area contributed by atoms with Crippen molar-refractivity contribution in [2.75, 3.05) is 31.2 Å². The minimum Gasteiger partial charge on any atom is -0.378 e. The Hall–Kier alpha value is -3.13. The average Bonchev–Trinajstić information content (AvgIpc) is 3.14. The van der Waals surface area contributed by atoms with Crippen molar-refractivity contribution in [1.29, 1.82) is 0 Å². The van der Waals surface area contributed by atoms with Crippen LogP contribution in [0.15, 0.2) is 48.6 Å². The number of morpholine rings is 1. The summed E-state index contributed by atoms with van der Waals surface area (Å²) in [7, 11) is 0. The zero-order valence-electron chi connectivity index (χ0n) is 16.1. The zero-order chi connectivity index (χ0) is 19.8. The summed E-state index contributed by atoms with van der Waals surface area (Å²) in [5.41, 5.74) is 4.29. The standard InChI is InChI=1S/C21H21FN6O/c1-14-10-16(22)2-3-18(14)28-19-13-23-5-4-17(19)26-20(28)15-11-24-21(25-12-15)27-6-8-29-9-7-27/h3-5,10-13,16H,2,6-9H2,1H3. The molecule has 1 fully saturated rings. The fraction of sp³-hybridized carbons (Fsp3) is 0.333. The molecular weight excluding hydrogens is 371 g/mol. The summed E-state index contributed by atoms with van der Waals surface area (Å²) in [6.45, 7) is 4.85. The van der Waals surface area contributed by atoms with Crippen LogP contribution in [0.3, 0.4) is 0 Å². The molecule has 29 heavy (non-hydrogen) atoms. The van der Waals surface area contributed by atoms with Gasteiger partial charge in [-0.15, -0.1) is 0 Å². The van der Waals surface area contributed by atoms with Crippen LogP contribution in [0.25, 0.3) is 28.1 Å². The molecule has 0 spiro atoms. The van der Waals surface area contributed by atoms with Crippen LogP contribution in [0.1, 0.15) is 13.3 Å². The van der Waals surface area contributed by atoms with Crippen LogP contribution < -0.4 is 4.90 Å². The second kappa shape index (κ2) is 7.36. The number of nitrogens with zero attached hydrogens (tertiary/aromatic N) is 6. The Bertz CT molecular complexity index is 1100. The van der Waals surface area contributed by atoms with Crippen LogP contribution in [0.5, 0.6) is 0 Å². The largest absolute Gasteiger partial charge is 0.378 e. The van der Waals surface area contributed by atoms with Gasteiger partial charge in [0.15, 0.2) is 0 Å². The van der Waals surface area contributed by atoms with E-state index in [1.807, 2.05) is 23.6 Å². The maximum absolute atomic E-state index is 13.8. The van der Waals surface area contributed by atoms with Gasteiger partial charge < -0.3 is 9.64 Å². The molecule has 1 aliphatic heterocycles. The van der Waals surface area contributed by atoms with Gasteiger partial charge in [-0.3, -0.25) is 9.55 Å². The molecular formula is C21H21FN6O. The molecule has 5 rings (SSSR count). The van der Waals surface area contributed by atoms with E-state index in [9.17, 15) is 4.39 Å². The lowest BCUT2D eigenvalue weighted by molar-refractivity contribution is 0.122. The Balaban J connectivity index is 1.59. The molecule has 7 nitrogen and oxygen atoms in total. The highest BCUT2D eigenvalue weighted by Gasteiger charge is 2.21. The van der Waals surface area contributed by atoms with Crippen molar-refractivity contribution < 1.29 is 9.13 Å². The summed E-state index contributed by atoms with van der Waals surface area (Å²) in [4.78, 5) is 20.3. The maximum atomic E-state index is 13.8. The van der Waals surface area contributed by atoms with Crippen LogP contribution in [-0.4, -0.2) is 57.0 Å². The van der Waals surface area contributed by atoms with E-state index in [0.717, 1.165) is 46.8 Å². The molecule has 148 valence electrons. The van der Waals surface area contributed by atoms with E-state index in [1.165, 1.54) is 0 Å². The van der Waals surface area contributed by atoms with Crippen molar-refractivity contribution in [2.45, 2.75) is 19.5 Å². The second-order valence-electron chi connectivity index (χ2n) is 7.20. The number of hydrogen-bond acceptors (Lipinski definition) is 6. The highest BCUT2D eigenvalue weighted by molar-refractivity contribution is 5.87. The normalized spacial score (nSPS) is 19.9. The molecule has 1 aliphatic carbocycles. The van der Waals surface area contributed by atoms with Gasteiger partial charge in [0.05, 0.1) is 36.0 Å². The van der Waals surface area contributed by atoms with Crippen molar-refractivity contribution >= 4 is 22.7 Å². The molecule has 1 unspecified atom stereocenters. The first-order valence-corrected chi connectivity index (χ1v) is 9.71. The molecule has 8 heteroatoms. The van der Waals surface area contributed by atoms with Crippen molar-refractivity contribution in [2.24, 2.45) is 0 Å². The van der Waals surface area contributed by atoms with E-state index in [2.05, 4.69) is 19.9 Å². The molecule has 0 amide bonds. The highest BCUT2D eigenvalue weighted by atomic mass is 19.1. The molecule has 4 heterocycles. The second-order valence-corrected chi connectivity index (χ2v) is 7.20. The highest BCUT2D eigenvalue weighted by Crippen LogP contribution is 2.33. The minimum absolute atomic E-state index is 0.346. The third-order valence-electron chi connectivity index (χ3n) is 5.26. The van der Waals surface area contributed by atoms with E-state index in [4.69, 9.17) is 9.72 Å². The van der Waals surface area contributed by atoms with Gasteiger partial charge in [-0.25, -0.2) is 19.3 Å². The number of alkyl halides is 1. The van der Waals surface area contributed by atoms with E-state index < -0.39 is 6.17 Å². The summed E-state index contributed by atoms with van der Waals surface area (Å²) in [6.07, 6.45) is 10.1. The van der Waals surface area contributed by atoms with E-state index in [0.29, 0.717) is 25.6 Å². The molecule has 3 aromatic heterocycles. The maximum Gasteiger partial charge on any atom is 0.225 e. The van der Waals surface area contributed by atoms with E-state index >= 15 is 0 Å². The van der Waals surface area contributed by atoms with Crippen molar-refractivity contribution in [3.05, 3.63) is 48.6 Å². The fourth-order valence-corrected chi connectivity index (χ4v) is 3.80. The van der Waals surface area contributed by atoms with Crippen molar-refractivity contribution in [3.63, 3.8) is 0 Å². The Kier molecular flexibility index (Phi) is 4.55. The predicted octanol–water partition coefficient (Wildman–Crippen LogP) is 3.25. The number of hydrogen-bond donors (Lipinski definition) is 0. The first kappa shape index (κ1) is 17.9. The molecule has 3 aromatic rings. The lowest BCUT2D eigenvalue weighted by Crippen LogP contribution is -2.37. The quantitative estimate of drug-likeness (QED) is 0.682. The molecule has 2 aliphatic rings. The average molecular weight is 392 g/mol. The molecule has 0 saturated carbocycles. The van der Waals surface area contributed by atoms with Gasteiger partial charge >= 0.3 is 0 Å². The van der Waals surface area contributed by atoms with Gasteiger partial charge in [0.2, 0.25) is 5.95 Å². The summed E-state index contributed by atoms with van der Waals surface area (Å²) < 4.78 is 21.2. The monoisotopic (exact) mass is 392 g/mol. The van der Waals surface area contributed by atoms with Gasteiger partial charge in [-0.2, -0.15) is 0 Å². The van der Waals surface area contributed by atoms with E-state index in [-0.39, 0.29) is 0 Å². The zero-order valence-corrected chi connectivity index (χ0v) is 16.1. The molecule has 0 bridgehead atoms. The minimum atomic E-state index is -0.953. The van der Waals surface area contributed by atoms with Crippen molar-refractivity contribution in [1.82, 2.24) is 24.5 Å². The number of allylic oxidation sites excluding steroid dienone is 4. The smallest absolute Gasteiger partial charge is 0.225 e. The number of fused-ring (bicyclic) bond motifs is 1. The van der Waals surface area contributed by atoms with Crippen LogP contribution >= 0.6 is 0 Å². The van der Waals surface area contributed by atoms with Gasteiger partial charge in [-0.05, 0) is 24.6 Å². The number of anilines is 1. The number of pyridine rings is 1. The summed E-state index contributed by atoms with van der Waals surface area (Å²) >= 11 is 0. The summed E-state index contributed by atoms with van der Waals surface area (Å²) in [5.74, 6) is 1.41. The predicted molar refractivity (Wildman–Crippen MR) is 109 cm³/mol. The summed E-state index contributed by atoms with van der Waals surface area (Å²) in [5, 5.41) is 0. The van der Waals surface area contributed by atoms with Gasteiger partial charge in [-0.1, -0.05) is 6.08 Å². The number of halogens is 1. The molecule has 0 aromatic carbocycles. The van der Waals surface area contributed by atoms with Gasteiger partial charge in [0, 0.05) is 43.8 Å². The molecule has 1 atom stereocenters. The third-order valence-corrected chi connectivity index (χ3v) is 5.26. The first-order chi connectivity index (χ1) is 14.2. The lowest BCUT2D eigenvalue weighted by Gasteiger charge is -2.26. The number of rotatable bonds is 3. The van der Waals surface area contributed by atoms with Gasteiger partial charge in [0.25, 0.3) is 0 Å². The van der Waals surface area contributed by atoms with Crippen LogP contribution in [0.2, 0.25) is 0 Å². The first-order valence-electron chi connectivity index (χ1n) is 9.71.